The van der Waals surface area contributed by atoms with E-state index >= 15 is 0 Å². The van der Waals surface area contributed by atoms with Crippen molar-refractivity contribution in [2.45, 2.75) is 0 Å². The van der Waals surface area contributed by atoms with E-state index in [0.29, 0.717) is 6.61 Å². The lowest BCUT2D eigenvalue weighted by atomic mass is 10.8. The van der Waals surface area contributed by atoms with Crippen LogP contribution in [0.4, 0.5) is 0 Å². The maximum atomic E-state index is 7.62. The highest BCUT2D eigenvalue weighted by molar-refractivity contribution is 4.15. The Labute approximate surface area is 36.4 Å². The van der Waals surface area contributed by atoms with E-state index in [-0.39, 0.29) is 6.61 Å². The van der Waals surface area contributed by atoms with Crippen LogP contribution in [0.3, 0.4) is 0 Å². The Morgan fingerprint density at radius 2 is 2.17 bits per heavy atom. The summed E-state index contributed by atoms with van der Waals surface area (Å²) >= 11 is 0. The van der Waals surface area contributed by atoms with Gasteiger partial charge in [-0.25, -0.2) is 4.89 Å². The largest absolute Gasteiger partial charge is 0.382 e. The number of methoxy groups -OCH3 is 1. The Hall–Kier alpha value is -0.120. The molecule has 0 rings (SSSR count). The number of hydrogen-bond donors (Lipinski definition) is 1. The van der Waals surface area contributed by atoms with Gasteiger partial charge in [-0.05, 0) is 0 Å². The minimum atomic E-state index is 0.247. The van der Waals surface area contributed by atoms with Gasteiger partial charge in [-0.2, -0.15) is 0 Å². The zero-order chi connectivity index (χ0) is 4.83. The van der Waals surface area contributed by atoms with E-state index in [0.717, 1.165) is 0 Å². The van der Waals surface area contributed by atoms with E-state index < -0.39 is 0 Å². The molecule has 3 heteroatoms. The predicted molar refractivity (Wildman–Crippen MR) is 20.5 cm³/mol. The van der Waals surface area contributed by atoms with Gasteiger partial charge >= 0.3 is 0 Å². The first kappa shape index (κ1) is 5.88. The van der Waals surface area contributed by atoms with Crippen LogP contribution in [0, 0.1) is 0 Å². The van der Waals surface area contributed by atoms with Gasteiger partial charge in [0.15, 0.2) is 0 Å². The van der Waals surface area contributed by atoms with Crippen molar-refractivity contribution in [2.24, 2.45) is 0 Å². The molecule has 0 saturated carbocycles. The predicted octanol–water partition coefficient (Wildman–Crippen LogP) is 0.122. The van der Waals surface area contributed by atoms with Crippen molar-refractivity contribution in [1.29, 1.82) is 0 Å². The summed E-state index contributed by atoms with van der Waals surface area (Å²) in [4.78, 5) is 3.66. The van der Waals surface area contributed by atoms with E-state index in [2.05, 4.69) is 9.62 Å². The molecule has 1 N–H and O–H groups in total. The van der Waals surface area contributed by atoms with Crippen molar-refractivity contribution in [3.8, 4) is 0 Å². The average molecular weight is 92.1 g/mol. The van der Waals surface area contributed by atoms with Crippen LogP contribution in [0.5, 0.6) is 0 Å². The summed E-state index contributed by atoms with van der Waals surface area (Å²) in [5.41, 5.74) is 0. The molecule has 0 spiro atoms. The second-order valence-corrected chi connectivity index (χ2v) is 0.826. The van der Waals surface area contributed by atoms with E-state index in [4.69, 9.17) is 5.26 Å². The van der Waals surface area contributed by atoms with E-state index in [1.165, 1.54) is 0 Å². The summed E-state index contributed by atoms with van der Waals surface area (Å²) in [5, 5.41) is 7.62. The molecule has 0 aromatic rings. The molecule has 3 nitrogen and oxygen atoms in total. The maximum Gasteiger partial charge on any atom is 0.105 e. The zero-order valence-electron chi connectivity index (χ0n) is 3.68. The first-order valence-electron chi connectivity index (χ1n) is 1.67. The average Bonchev–Trinajstić information content (AvgIpc) is 1.61. The van der Waals surface area contributed by atoms with E-state index in [1.54, 1.807) is 7.11 Å². The molecule has 0 aromatic heterocycles. The van der Waals surface area contributed by atoms with E-state index in [1.807, 2.05) is 0 Å². The van der Waals surface area contributed by atoms with Crippen LogP contribution < -0.4 is 0 Å². The number of rotatable bonds is 3. The fourth-order valence-electron chi connectivity index (χ4n) is 0.121. The molecule has 0 aliphatic rings. The highest BCUT2D eigenvalue weighted by Gasteiger charge is 1.75. The number of hydrogen-bond acceptors (Lipinski definition) is 3. The Bertz CT molecular complexity index is 18.0. The van der Waals surface area contributed by atoms with Crippen LogP contribution in [0.15, 0.2) is 0 Å². The van der Waals surface area contributed by atoms with Gasteiger partial charge < -0.3 is 4.74 Å². The van der Waals surface area contributed by atoms with Gasteiger partial charge in [-0.1, -0.05) is 0 Å². The topological polar surface area (TPSA) is 38.7 Å². The third-order valence-electron chi connectivity index (χ3n) is 0.379. The molecule has 38 valence electrons. The van der Waals surface area contributed by atoms with Gasteiger partial charge in [0.2, 0.25) is 0 Å². The molecule has 0 heterocycles. The van der Waals surface area contributed by atoms with Crippen molar-refractivity contribution in [3.05, 3.63) is 0 Å². The summed E-state index contributed by atoms with van der Waals surface area (Å²) < 4.78 is 4.50. The number of ether oxygens (including phenoxy) is 1. The summed E-state index contributed by atoms with van der Waals surface area (Å²) in [6.07, 6.45) is 0. The molecule has 0 amide bonds. The third-order valence-corrected chi connectivity index (χ3v) is 0.379. The first-order valence-corrected chi connectivity index (χ1v) is 1.67. The lowest BCUT2D eigenvalue weighted by Crippen LogP contribution is -1.96. The van der Waals surface area contributed by atoms with E-state index in [9.17, 15) is 0 Å². The van der Waals surface area contributed by atoms with Crippen molar-refractivity contribution >= 4 is 0 Å². The van der Waals surface area contributed by atoms with Crippen molar-refractivity contribution in [3.63, 3.8) is 0 Å². The molecular formula is C3H8O3. The lowest BCUT2D eigenvalue weighted by Gasteiger charge is -1.89. The van der Waals surface area contributed by atoms with Gasteiger partial charge in [0.25, 0.3) is 0 Å². The standard InChI is InChI=1S/C3H8O3/c1-5-2-3-6-4/h4H,2-3H2,1H3. The van der Waals surface area contributed by atoms with Crippen molar-refractivity contribution in [2.75, 3.05) is 20.3 Å². The Morgan fingerprint density at radius 3 is 2.33 bits per heavy atom. The summed E-state index contributed by atoms with van der Waals surface area (Å²) in [6.45, 7) is 0.688. The smallest absolute Gasteiger partial charge is 0.105 e. The maximum absolute atomic E-state index is 7.62. The summed E-state index contributed by atoms with van der Waals surface area (Å²) in [6, 6.07) is 0. The molecule has 0 saturated heterocycles. The summed E-state index contributed by atoms with van der Waals surface area (Å²) in [7, 11) is 1.54. The van der Waals surface area contributed by atoms with Crippen molar-refractivity contribution < 1.29 is 14.9 Å². The Morgan fingerprint density at radius 1 is 1.50 bits per heavy atom. The van der Waals surface area contributed by atoms with Crippen LogP contribution in [0.25, 0.3) is 0 Å². The fourth-order valence-corrected chi connectivity index (χ4v) is 0.121. The highest BCUT2D eigenvalue weighted by Crippen LogP contribution is 1.65. The molecule has 0 unspecified atom stereocenters. The molecule has 0 aliphatic heterocycles. The van der Waals surface area contributed by atoms with Crippen LogP contribution in [-0.2, 0) is 9.62 Å². The third kappa shape index (κ3) is 3.88. The monoisotopic (exact) mass is 92.0 g/mol. The van der Waals surface area contributed by atoms with Gasteiger partial charge in [-0.15, -0.1) is 0 Å². The van der Waals surface area contributed by atoms with Gasteiger partial charge in [0.05, 0.1) is 6.61 Å². The highest BCUT2D eigenvalue weighted by atomic mass is 17.1. The van der Waals surface area contributed by atoms with Gasteiger partial charge in [0, 0.05) is 7.11 Å². The molecule has 0 radical (unpaired) electrons. The molecule has 0 aliphatic carbocycles. The van der Waals surface area contributed by atoms with Crippen LogP contribution in [-0.4, -0.2) is 25.6 Å². The summed E-state index contributed by atoms with van der Waals surface area (Å²) in [5.74, 6) is 0. The molecule has 0 fully saturated rings. The minimum absolute atomic E-state index is 0.247. The SMILES string of the molecule is COCCOO. The molecule has 0 aromatic carbocycles. The van der Waals surface area contributed by atoms with Crippen LogP contribution >= 0.6 is 0 Å². The zero-order valence-corrected chi connectivity index (χ0v) is 3.68. The normalized spacial score (nSPS) is 9.00. The van der Waals surface area contributed by atoms with Gasteiger partial charge in [0.1, 0.15) is 6.61 Å². The van der Waals surface area contributed by atoms with Crippen LogP contribution in [0.2, 0.25) is 0 Å². The Balaban J connectivity index is 2.34. The minimum Gasteiger partial charge on any atom is -0.382 e. The lowest BCUT2D eigenvalue weighted by molar-refractivity contribution is -0.247. The molecule has 0 bridgehead atoms. The quantitative estimate of drug-likeness (QED) is 0.305. The molecular weight excluding hydrogens is 84.0 g/mol. The fraction of sp³-hybridized carbons (Fsp3) is 1.00. The second-order valence-electron chi connectivity index (χ2n) is 0.826. The first-order chi connectivity index (χ1) is 2.91. The Kier molecular flexibility index (Phi) is 4.78. The molecule has 0 atom stereocenters. The van der Waals surface area contributed by atoms with Gasteiger partial charge in [-0.3, -0.25) is 5.26 Å². The van der Waals surface area contributed by atoms with Crippen molar-refractivity contribution in [1.82, 2.24) is 0 Å². The second kappa shape index (κ2) is 4.88. The molecule has 6 heavy (non-hydrogen) atoms. The van der Waals surface area contributed by atoms with Crippen LogP contribution in [0.1, 0.15) is 0 Å².